The van der Waals surface area contributed by atoms with Crippen LogP contribution in [0.2, 0.25) is 0 Å². The molecule has 0 aromatic heterocycles. The minimum absolute atomic E-state index is 0. The Labute approximate surface area is 110 Å². The smallest absolute Gasteiger partial charge is 0.328 e. The van der Waals surface area contributed by atoms with E-state index in [1.54, 1.807) is 12.1 Å². The minimum atomic E-state index is -1.10. The van der Waals surface area contributed by atoms with Crippen LogP contribution in [0.5, 0.6) is 11.5 Å². The lowest BCUT2D eigenvalue weighted by molar-refractivity contribution is -0.132. The fourth-order valence-electron chi connectivity index (χ4n) is 0.740. The number of rotatable bonds is 3. The number of benzene rings is 1. The van der Waals surface area contributed by atoms with Gasteiger partial charge in [-0.3, -0.25) is 0 Å². The Morgan fingerprint density at radius 3 is 1.37 bits per heavy atom. The van der Waals surface area contributed by atoms with Crippen LogP contribution in [0.3, 0.4) is 0 Å². The van der Waals surface area contributed by atoms with Gasteiger partial charge >= 0.3 is 11.9 Å². The van der Waals surface area contributed by atoms with Crippen molar-refractivity contribution in [2.75, 3.05) is 0 Å². The zero-order valence-electron chi connectivity index (χ0n) is 9.22. The number of carboxylic acid groups (broad SMARTS) is 2. The molecule has 1 rings (SSSR count). The van der Waals surface area contributed by atoms with Crippen molar-refractivity contribution in [2.45, 2.75) is 7.43 Å². The number of hydrogen-bond acceptors (Lipinski definition) is 4. The van der Waals surface area contributed by atoms with Gasteiger partial charge in [-0.1, -0.05) is 31.7 Å². The number of aliphatic carboxylic acids is 2. The normalized spacial score (nSPS) is 9.47. The van der Waals surface area contributed by atoms with Crippen LogP contribution in [0.4, 0.5) is 0 Å². The van der Waals surface area contributed by atoms with Crippen molar-refractivity contribution in [3.05, 3.63) is 48.6 Å². The van der Waals surface area contributed by atoms with Gasteiger partial charge in [0.2, 0.25) is 0 Å². The van der Waals surface area contributed by atoms with Gasteiger partial charge in [-0.15, -0.1) is 0 Å². The van der Waals surface area contributed by atoms with Gasteiger partial charge in [-0.05, 0) is 12.1 Å². The molecule has 0 bridgehead atoms. The molecule has 0 radical (unpaired) electrons. The van der Waals surface area contributed by atoms with E-state index < -0.39 is 11.9 Å². The lowest BCUT2D eigenvalue weighted by Crippen LogP contribution is -1.86. The van der Waals surface area contributed by atoms with Crippen LogP contribution in [0.25, 0.3) is 0 Å². The average molecular weight is 268 g/mol. The molecule has 0 saturated heterocycles. The van der Waals surface area contributed by atoms with Gasteiger partial charge in [-0.2, -0.15) is 0 Å². The third-order valence-corrected chi connectivity index (χ3v) is 1.47. The standard InChI is InChI=1S/C6H6O4.C6H6O2.CH4/c7-5(8)3-1-2-4-6(9)10;7-5-3-1-2-4-6(5)8;/h1-4H,(H,7,8)(H,9,10);1-4,7-8H;1H4/b3-1-,4-2-;;. The van der Waals surface area contributed by atoms with Crippen LogP contribution < -0.4 is 0 Å². The monoisotopic (exact) mass is 268 g/mol. The highest BCUT2D eigenvalue weighted by Crippen LogP contribution is 2.21. The van der Waals surface area contributed by atoms with Crippen molar-refractivity contribution in [2.24, 2.45) is 0 Å². The highest BCUT2D eigenvalue weighted by molar-refractivity contribution is 5.82. The molecular weight excluding hydrogens is 252 g/mol. The van der Waals surface area contributed by atoms with Gasteiger partial charge in [0, 0.05) is 12.2 Å². The lowest BCUT2D eigenvalue weighted by atomic mass is 10.3. The van der Waals surface area contributed by atoms with E-state index in [1.165, 1.54) is 12.1 Å². The second-order valence-corrected chi connectivity index (χ2v) is 2.88. The maximum Gasteiger partial charge on any atom is 0.328 e. The molecule has 0 aliphatic carbocycles. The van der Waals surface area contributed by atoms with Gasteiger partial charge in [0.1, 0.15) is 0 Å². The number of allylic oxidation sites excluding steroid dienone is 2. The maximum atomic E-state index is 9.78. The van der Waals surface area contributed by atoms with Crippen LogP contribution in [-0.4, -0.2) is 32.4 Å². The Morgan fingerprint density at radius 2 is 1.16 bits per heavy atom. The lowest BCUT2D eigenvalue weighted by Gasteiger charge is -1.91. The summed E-state index contributed by atoms with van der Waals surface area (Å²) in [5.41, 5.74) is 0. The summed E-state index contributed by atoms with van der Waals surface area (Å²) >= 11 is 0. The summed E-state index contributed by atoms with van der Waals surface area (Å²) in [6.07, 6.45) is 3.96. The van der Waals surface area contributed by atoms with Crippen LogP contribution in [-0.2, 0) is 9.59 Å². The van der Waals surface area contributed by atoms with Crippen molar-refractivity contribution in [3.63, 3.8) is 0 Å². The molecule has 0 heterocycles. The fourth-order valence-corrected chi connectivity index (χ4v) is 0.740. The van der Waals surface area contributed by atoms with E-state index in [4.69, 9.17) is 20.4 Å². The highest BCUT2D eigenvalue weighted by atomic mass is 16.4. The van der Waals surface area contributed by atoms with E-state index in [1.807, 2.05) is 0 Å². The number of para-hydroxylation sites is 2. The molecule has 0 fully saturated rings. The van der Waals surface area contributed by atoms with Crippen LogP contribution in [0, 0.1) is 0 Å². The average Bonchev–Trinajstić information content (AvgIpc) is 2.29. The Morgan fingerprint density at radius 1 is 0.842 bits per heavy atom. The third-order valence-electron chi connectivity index (χ3n) is 1.47. The van der Waals surface area contributed by atoms with Crippen LogP contribution in [0.15, 0.2) is 48.6 Å². The Bertz CT molecular complexity index is 419. The molecular formula is C13H16O6. The zero-order chi connectivity index (χ0) is 14.0. The van der Waals surface area contributed by atoms with Crippen molar-refractivity contribution in [3.8, 4) is 11.5 Å². The number of phenolic OH excluding ortho intramolecular Hbond substituents is 2. The molecule has 0 aliphatic heterocycles. The summed E-state index contributed by atoms with van der Waals surface area (Å²) in [4.78, 5) is 19.6. The molecule has 1 aromatic rings. The summed E-state index contributed by atoms with van der Waals surface area (Å²) in [5, 5.41) is 33.4. The molecule has 6 nitrogen and oxygen atoms in total. The molecule has 0 saturated carbocycles. The Balaban J connectivity index is 0. The number of phenols is 2. The second kappa shape index (κ2) is 10.4. The van der Waals surface area contributed by atoms with Gasteiger partial charge in [0.05, 0.1) is 0 Å². The third kappa shape index (κ3) is 11.5. The van der Waals surface area contributed by atoms with Crippen molar-refractivity contribution in [1.82, 2.24) is 0 Å². The summed E-state index contributed by atoms with van der Waals surface area (Å²) in [6.45, 7) is 0. The first-order valence-electron chi connectivity index (χ1n) is 4.71. The number of carbonyl (C=O) groups is 2. The molecule has 1 aromatic carbocycles. The summed E-state index contributed by atoms with van der Waals surface area (Å²) in [5.74, 6) is -2.36. The van der Waals surface area contributed by atoms with Gasteiger partial charge in [0.25, 0.3) is 0 Å². The molecule has 0 spiro atoms. The van der Waals surface area contributed by atoms with Gasteiger partial charge < -0.3 is 20.4 Å². The number of hydrogen-bond donors (Lipinski definition) is 4. The predicted molar refractivity (Wildman–Crippen MR) is 70.1 cm³/mol. The molecule has 0 aliphatic rings. The first-order chi connectivity index (χ1) is 8.43. The molecule has 6 heteroatoms. The van der Waals surface area contributed by atoms with Crippen molar-refractivity contribution in [1.29, 1.82) is 0 Å². The first kappa shape index (κ1) is 18.6. The topological polar surface area (TPSA) is 115 Å². The number of aromatic hydroxyl groups is 2. The molecule has 19 heavy (non-hydrogen) atoms. The van der Waals surface area contributed by atoms with E-state index in [0.29, 0.717) is 0 Å². The molecule has 0 atom stereocenters. The largest absolute Gasteiger partial charge is 0.504 e. The molecule has 104 valence electrons. The summed E-state index contributed by atoms with van der Waals surface area (Å²) < 4.78 is 0. The summed E-state index contributed by atoms with van der Waals surface area (Å²) in [6, 6.07) is 6.15. The quantitative estimate of drug-likeness (QED) is 0.378. The minimum Gasteiger partial charge on any atom is -0.504 e. The second-order valence-electron chi connectivity index (χ2n) is 2.88. The van der Waals surface area contributed by atoms with Gasteiger partial charge in [-0.25, -0.2) is 9.59 Å². The Kier molecular flexibility index (Phi) is 10.2. The SMILES string of the molecule is C.O=C(O)/C=C\C=C/C(=O)O.Oc1ccccc1O. The van der Waals surface area contributed by atoms with Crippen LogP contribution in [0.1, 0.15) is 7.43 Å². The van der Waals surface area contributed by atoms with E-state index in [9.17, 15) is 9.59 Å². The first-order valence-corrected chi connectivity index (χ1v) is 4.71. The van der Waals surface area contributed by atoms with Gasteiger partial charge in [0.15, 0.2) is 11.5 Å². The number of carboxylic acids is 2. The van der Waals surface area contributed by atoms with Crippen LogP contribution >= 0.6 is 0 Å². The maximum absolute atomic E-state index is 9.78. The highest BCUT2D eigenvalue weighted by Gasteiger charge is 1.90. The van der Waals surface area contributed by atoms with E-state index in [-0.39, 0.29) is 18.9 Å². The van der Waals surface area contributed by atoms with Crippen molar-refractivity contribution >= 4 is 11.9 Å². The predicted octanol–water partition coefficient (Wildman–Crippen LogP) is 2.00. The molecule has 0 unspecified atom stereocenters. The summed E-state index contributed by atoms with van der Waals surface area (Å²) in [7, 11) is 0. The van der Waals surface area contributed by atoms with E-state index >= 15 is 0 Å². The zero-order valence-corrected chi connectivity index (χ0v) is 9.22. The van der Waals surface area contributed by atoms with E-state index in [2.05, 4.69) is 0 Å². The fraction of sp³-hybridized carbons (Fsp3) is 0.0769. The Hall–Kier alpha value is -2.76. The van der Waals surface area contributed by atoms with E-state index in [0.717, 1.165) is 24.3 Å². The molecule has 4 N–H and O–H groups in total. The van der Waals surface area contributed by atoms with Crippen molar-refractivity contribution < 1.29 is 30.0 Å². The molecule has 0 amide bonds.